The predicted molar refractivity (Wildman–Crippen MR) is 243 cm³/mol. The summed E-state index contributed by atoms with van der Waals surface area (Å²) in [6.45, 7) is 4.81. The van der Waals surface area contributed by atoms with Gasteiger partial charge in [-0.25, -0.2) is 0 Å². The molecule has 0 N–H and O–H groups in total. The van der Waals surface area contributed by atoms with Crippen molar-refractivity contribution in [2.45, 2.75) is 19.3 Å². The maximum Gasteiger partial charge on any atom is 0.0368 e. The normalized spacial score (nSPS) is 13.3. The van der Waals surface area contributed by atoms with E-state index in [1.165, 1.54) is 119 Å². The molecule has 0 aliphatic heterocycles. The number of fused-ring (bicyclic) bond motifs is 12. The second-order valence-corrected chi connectivity index (χ2v) is 17.0. The van der Waals surface area contributed by atoms with E-state index in [1.807, 2.05) is 11.3 Å². The maximum absolute atomic E-state index is 2.46. The van der Waals surface area contributed by atoms with Crippen LogP contribution in [0.3, 0.4) is 0 Å². The van der Waals surface area contributed by atoms with E-state index in [9.17, 15) is 0 Å². The number of hydrogen-bond acceptors (Lipinski definition) is 1. The zero-order chi connectivity index (χ0) is 37.1. The Labute approximate surface area is 329 Å². The summed E-state index contributed by atoms with van der Waals surface area (Å²) in [4.78, 5) is 0. The molecule has 11 aromatic rings. The summed E-state index contributed by atoms with van der Waals surface area (Å²) in [6.07, 6.45) is 0. The van der Waals surface area contributed by atoms with Gasteiger partial charge in [0.1, 0.15) is 0 Å². The van der Waals surface area contributed by atoms with Crippen molar-refractivity contribution in [1.82, 2.24) is 0 Å². The molecular weight excluding hydrogens is 693 g/mol. The highest BCUT2D eigenvalue weighted by atomic mass is 32.1. The molecule has 1 heteroatoms. The van der Waals surface area contributed by atoms with Crippen molar-refractivity contribution < 1.29 is 0 Å². The molecule has 0 amide bonds. The lowest BCUT2D eigenvalue weighted by Gasteiger charge is -2.22. The third-order valence-electron chi connectivity index (χ3n) is 12.6. The van der Waals surface area contributed by atoms with E-state index in [1.54, 1.807) is 0 Å². The Morgan fingerprint density at radius 2 is 0.911 bits per heavy atom. The molecule has 0 fully saturated rings. The fraction of sp³-hybridized carbons (Fsp3) is 0.0545. The Balaban J connectivity index is 1.04. The zero-order valence-corrected chi connectivity index (χ0v) is 32.0. The van der Waals surface area contributed by atoms with Crippen LogP contribution in [0.5, 0.6) is 0 Å². The van der Waals surface area contributed by atoms with Gasteiger partial charge >= 0.3 is 0 Å². The largest absolute Gasteiger partial charge is 0.135 e. The smallest absolute Gasteiger partial charge is 0.0368 e. The van der Waals surface area contributed by atoms with Gasteiger partial charge < -0.3 is 0 Å². The van der Waals surface area contributed by atoms with Gasteiger partial charge in [-0.2, -0.15) is 0 Å². The van der Waals surface area contributed by atoms with Crippen LogP contribution in [0.4, 0.5) is 0 Å². The van der Waals surface area contributed by atoms with Crippen molar-refractivity contribution >= 4 is 74.6 Å². The molecule has 56 heavy (non-hydrogen) atoms. The van der Waals surface area contributed by atoms with Gasteiger partial charge in [-0.05, 0) is 117 Å². The van der Waals surface area contributed by atoms with Crippen molar-refractivity contribution in [2.24, 2.45) is 0 Å². The van der Waals surface area contributed by atoms with Crippen molar-refractivity contribution in [1.29, 1.82) is 0 Å². The van der Waals surface area contributed by atoms with E-state index in [4.69, 9.17) is 0 Å². The first kappa shape index (κ1) is 31.8. The molecule has 0 unspecified atom stereocenters. The molecule has 0 nitrogen and oxygen atoms in total. The van der Waals surface area contributed by atoms with Crippen molar-refractivity contribution in [3.63, 3.8) is 0 Å². The van der Waals surface area contributed by atoms with E-state index < -0.39 is 0 Å². The molecule has 0 spiro atoms. The Bertz CT molecular complexity index is 3370. The Kier molecular flexibility index (Phi) is 6.66. The fourth-order valence-corrected chi connectivity index (χ4v) is 11.3. The second kappa shape index (κ2) is 11.7. The summed E-state index contributed by atoms with van der Waals surface area (Å²) in [5, 5.41) is 13.1. The summed E-state index contributed by atoms with van der Waals surface area (Å²) < 4.78 is 2.71. The van der Waals surface area contributed by atoms with Gasteiger partial charge in [-0.3, -0.25) is 0 Å². The van der Waals surface area contributed by atoms with Crippen LogP contribution in [-0.4, -0.2) is 0 Å². The molecular formula is C55H36S. The third-order valence-corrected chi connectivity index (χ3v) is 13.7. The first-order chi connectivity index (χ1) is 27.5. The van der Waals surface area contributed by atoms with Gasteiger partial charge in [0.2, 0.25) is 0 Å². The summed E-state index contributed by atoms with van der Waals surface area (Å²) in [5.74, 6) is 0. The summed E-state index contributed by atoms with van der Waals surface area (Å²) >= 11 is 1.93. The lowest BCUT2D eigenvalue weighted by molar-refractivity contribution is 0.667. The lowest BCUT2D eigenvalue weighted by atomic mass is 9.80. The molecule has 1 aromatic heterocycles. The van der Waals surface area contributed by atoms with E-state index in [0.29, 0.717) is 0 Å². The van der Waals surface area contributed by atoms with Crippen LogP contribution in [0.15, 0.2) is 182 Å². The molecule has 1 heterocycles. The average Bonchev–Trinajstić information content (AvgIpc) is 3.74. The van der Waals surface area contributed by atoms with E-state index in [-0.39, 0.29) is 5.41 Å². The molecule has 0 bridgehead atoms. The molecule has 10 aromatic carbocycles. The monoisotopic (exact) mass is 728 g/mol. The molecule has 262 valence electrons. The van der Waals surface area contributed by atoms with Crippen LogP contribution < -0.4 is 0 Å². The molecule has 1 aliphatic carbocycles. The predicted octanol–water partition coefficient (Wildman–Crippen LogP) is 16.0. The molecule has 12 rings (SSSR count). The quantitative estimate of drug-likeness (QED) is 0.159. The maximum atomic E-state index is 2.46. The van der Waals surface area contributed by atoms with Crippen LogP contribution in [-0.2, 0) is 5.41 Å². The SMILES string of the molecule is CC1(C)c2ccccc2-c2ccc3sc4cc(-c5ccc(-c6c7ccccc7c(-c7ccc8ccccc8c7)c7ccccc67)cc5)c5ccccc5c4c3c21. The number of thiophene rings is 1. The van der Waals surface area contributed by atoms with Gasteiger partial charge in [-0.15, -0.1) is 11.3 Å². The van der Waals surface area contributed by atoms with Crippen molar-refractivity contribution in [3.8, 4) is 44.5 Å². The van der Waals surface area contributed by atoms with Crippen molar-refractivity contribution in [3.05, 3.63) is 193 Å². The summed E-state index contributed by atoms with van der Waals surface area (Å²) in [7, 11) is 0. The highest BCUT2D eigenvalue weighted by molar-refractivity contribution is 7.26. The number of rotatable bonds is 3. The summed E-state index contributed by atoms with van der Waals surface area (Å²) in [5.41, 5.74) is 13.2. The number of benzene rings is 10. The van der Waals surface area contributed by atoms with Gasteiger partial charge in [0.15, 0.2) is 0 Å². The van der Waals surface area contributed by atoms with Gasteiger partial charge in [0.05, 0.1) is 0 Å². The topological polar surface area (TPSA) is 0 Å². The highest BCUT2D eigenvalue weighted by Crippen LogP contribution is 2.55. The Morgan fingerprint density at radius 3 is 1.62 bits per heavy atom. The van der Waals surface area contributed by atoms with Crippen LogP contribution >= 0.6 is 11.3 Å². The van der Waals surface area contributed by atoms with Crippen LogP contribution in [0, 0.1) is 0 Å². The van der Waals surface area contributed by atoms with Crippen LogP contribution in [0.25, 0.3) is 108 Å². The zero-order valence-electron chi connectivity index (χ0n) is 31.2. The molecule has 1 aliphatic rings. The minimum absolute atomic E-state index is 0.0724. The van der Waals surface area contributed by atoms with Crippen LogP contribution in [0.1, 0.15) is 25.0 Å². The summed E-state index contributed by atoms with van der Waals surface area (Å²) in [6, 6.07) is 68.1. The third kappa shape index (κ3) is 4.41. The Morgan fingerprint density at radius 1 is 0.357 bits per heavy atom. The van der Waals surface area contributed by atoms with E-state index >= 15 is 0 Å². The Hall–Kier alpha value is -6.54. The van der Waals surface area contributed by atoms with Gasteiger partial charge in [0.25, 0.3) is 0 Å². The molecule has 0 atom stereocenters. The van der Waals surface area contributed by atoms with Gasteiger partial charge in [-0.1, -0.05) is 178 Å². The second-order valence-electron chi connectivity index (χ2n) is 16.0. The van der Waals surface area contributed by atoms with Crippen LogP contribution in [0.2, 0.25) is 0 Å². The van der Waals surface area contributed by atoms with E-state index in [0.717, 1.165) is 0 Å². The van der Waals surface area contributed by atoms with Crippen molar-refractivity contribution in [2.75, 3.05) is 0 Å². The molecule has 0 saturated carbocycles. The molecule has 0 saturated heterocycles. The minimum Gasteiger partial charge on any atom is -0.135 e. The van der Waals surface area contributed by atoms with Gasteiger partial charge in [0, 0.05) is 25.6 Å². The fourth-order valence-electron chi connectivity index (χ4n) is 10.1. The lowest BCUT2D eigenvalue weighted by Crippen LogP contribution is -2.15. The molecule has 0 radical (unpaired) electrons. The first-order valence-corrected chi connectivity index (χ1v) is 20.4. The number of hydrogen-bond donors (Lipinski definition) is 0. The highest BCUT2D eigenvalue weighted by Gasteiger charge is 2.37. The minimum atomic E-state index is -0.0724. The standard InChI is InChI=1S/C55H36S/c1-55(2)47-22-12-11-16-39(47)45-29-30-48-53(54(45)55)52-40-17-6-5-15-38(40)46(32-49(52)56-48)34-24-26-35(27-25-34)50-41-18-7-9-20-43(41)51(44-21-10-8-19-42(44)50)37-28-23-33-13-3-4-14-36(33)31-37/h3-32H,1-2H3. The average molecular weight is 729 g/mol. The first-order valence-electron chi connectivity index (χ1n) is 19.6. The van der Waals surface area contributed by atoms with E-state index in [2.05, 4.69) is 196 Å².